The molecule has 0 spiro atoms. The van der Waals surface area contributed by atoms with E-state index in [4.69, 9.17) is 16.6 Å². The lowest BCUT2D eigenvalue weighted by Gasteiger charge is -2.30. The molecule has 6 nitrogen and oxygen atoms in total. The van der Waals surface area contributed by atoms with Gasteiger partial charge in [-0.05, 0) is 62.4 Å². The number of pyridine rings is 1. The van der Waals surface area contributed by atoms with Crippen LogP contribution in [-0.4, -0.2) is 41.6 Å². The number of rotatable bonds is 8. The van der Waals surface area contributed by atoms with Gasteiger partial charge in [-0.2, -0.15) is 0 Å². The van der Waals surface area contributed by atoms with Gasteiger partial charge in [0.15, 0.2) is 0 Å². The Hall–Kier alpha value is -2.64. The lowest BCUT2D eigenvalue weighted by atomic mass is 9.93. The first-order chi connectivity index (χ1) is 16.8. The SMILES string of the molecule is Cc1c(N2CCCCC2)nc2ccc(Br)cc2c1C(=O)NC[C@H](CCC(=O)O)c1ccccc1Cl. The number of nitrogens with one attached hydrogen (secondary N) is 1. The van der Waals surface area contributed by atoms with E-state index in [0.717, 1.165) is 58.3 Å². The van der Waals surface area contributed by atoms with Gasteiger partial charge in [-0.25, -0.2) is 4.98 Å². The second-order valence-electron chi connectivity index (χ2n) is 9.01. The Morgan fingerprint density at radius 3 is 2.63 bits per heavy atom. The molecule has 0 bridgehead atoms. The molecule has 0 unspecified atom stereocenters. The summed E-state index contributed by atoms with van der Waals surface area (Å²) in [4.78, 5) is 32.1. The molecule has 1 aliphatic heterocycles. The molecule has 1 aromatic heterocycles. The van der Waals surface area contributed by atoms with Crippen molar-refractivity contribution in [3.63, 3.8) is 0 Å². The van der Waals surface area contributed by atoms with E-state index in [1.54, 1.807) is 6.07 Å². The molecule has 1 saturated heterocycles. The van der Waals surface area contributed by atoms with Crippen molar-refractivity contribution >= 4 is 56.1 Å². The van der Waals surface area contributed by atoms with Gasteiger partial charge < -0.3 is 15.3 Å². The topological polar surface area (TPSA) is 82.5 Å². The summed E-state index contributed by atoms with van der Waals surface area (Å²) < 4.78 is 0.876. The van der Waals surface area contributed by atoms with Crippen molar-refractivity contribution in [2.75, 3.05) is 24.5 Å². The monoisotopic (exact) mass is 557 g/mol. The minimum Gasteiger partial charge on any atom is -0.481 e. The van der Waals surface area contributed by atoms with E-state index in [1.165, 1.54) is 6.42 Å². The fourth-order valence-electron chi connectivity index (χ4n) is 4.80. The van der Waals surface area contributed by atoms with Crippen LogP contribution in [0.15, 0.2) is 46.9 Å². The molecule has 0 saturated carbocycles. The lowest BCUT2D eigenvalue weighted by molar-refractivity contribution is -0.137. The maximum atomic E-state index is 13.7. The van der Waals surface area contributed by atoms with Crippen molar-refractivity contribution in [1.82, 2.24) is 10.3 Å². The third-order valence-electron chi connectivity index (χ3n) is 6.61. The largest absolute Gasteiger partial charge is 0.481 e. The first-order valence-electron chi connectivity index (χ1n) is 11.9. The van der Waals surface area contributed by atoms with Gasteiger partial charge in [0.2, 0.25) is 0 Å². The number of carbonyl (C=O) groups is 2. The average molecular weight is 559 g/mol. The molecule has 1 aliphatic rings. The normalized spacial score (nSPS) is 14.7. The van der Waals surface area contributed by atoms with Crippen LogP contribution >= 0.6 is 27.5 Å². The van der Waals surface area contributed by atoms with Crippen molar-refractivity contribution in [2.24, 2.45) is 0 Å². The van der Waals surface area contributed by atoms with Gasteiger partial charge in [0.05, 0.1) is 11.1 Å². The Bertz CT molecular complexity index is 1240. The van der Waals surface area contributed by atoms with Gasteiger partial charge in [-0.15, -0.1) is 0 Å². The van der Waals surface area contributed by atoms with Crippen molar-refractivity contribution in [2.45, 2.75) is 44.9 Å². The minimum atomic E-state index is -0.875. The van der Waals surface area contributed by atoms with Crippen molar-refractivity contribution in [1.29, 1.82) is 0 Å². The number of carboxylic acids is 1. The highest BCUT2D eigenvalue weighted by Crippen LogP contribution is 2.32. The van der Waals surface area contributed by atoms with Crippen LogP contribution < -0.4 is 10.2 Å². The molecule has 1 fully saturated rings. The van der Waals surface area contributed by atoms with E-state index < -0.39 is 5.97 Å². The van der Waals surface area contributed by atoms with E-state index in [0.29, 0.717) is 17.0 Å². The number of halogens is 2. The van der Waals surface area contributed by atoms with Crippen molar-refractivity contribution in [3.05, 3.63) is 68.7 Å². The number of aliphatic carboxylic acids is 1. The molecule has 2 aromatic carbocycles. The third kappa shape index (κ3) is 5.96. The van der Waals surface area contributed by atoms with E-state index in [1.807, 2.05) is 43.3 Å². The van der Waals surface area contributed by atoms with Crippen LogP contribution in [0.1, 0.15) is 59.5 Å². The molecule has 0 aliphatic carbocycles. The number of hydrogen-bond acceptors (Lipinski definition) is 4. The molecule has 2 heterocycles. The fraction of sp³-hybridized carbons (Fsp3) is 0.370. The second-order valence-corrected chi connectivity index (χ2v) is 10.3. The standard InChI is InChI=1S/C27H29BrClN3O3/c1-17-25(21-15-19(28)10-11-23(21)31-26(17)32-13-5-2-6-14-32)27(35)30-16-18(9-12-24(33)34)20-7-3-4-8-22(20)29/h3-4,7-8,10-11,15,18H,2,5-6,9,12-14,16H2,1H3,(H,30,35)(H,33,34)/t18-/m0/s1. The van der Waals surface area contributed by atoms with Crippen LogP contribution in [-0.2, 0) is 4.79 Å². The number of aromatic nitrogens is 1. The first-order valence-corrected chi connectivity index (χ1v) is 13.1. The first kappa shape index (κ1) is 25.5. The van der Waals surface area contributed by atoms with Crippen molar-refractivity contribution < 1.29 is 14.7 Å². The molecule has 2 N–H and O–H groups in total. The van der Waals surface area contributed by atoms with Gasteiger partial charge >= 0.3 is 5.97 Å². The molecular formula is C27H29BrClN3O3. The predicted molar refractivity (Wildman–Crippen MR) is 144 cm³/mol. The third-order valence-corrected chi connectivity index (χ3v) is 7.45. The second kappa shape index (κ2) is 11.4. The zero-order valence-corrected chi connectivity index (χ0v) is 22.0. The Balaban J connectivity index is 1.67. The number of fused-ring (bicyclic) bond motifs is 1. The molecule has 8 heteroatoms. The molecule has 1 atom stereocenters. The molecule has 3 aromatic rings. The Kier molecular flexibility index (Phi) is 8.29. The van der Waals surface area contributed by atoms with E-state index in [-0.39, 0.29) is 24.8 Å². The smallest absolute Gasteiger partial charge is 0.303 e. The van der Waals surface area contributed by atoms with E-state index in [9.17, 15) is 14.7 Å². The van der Waals surface area contributed by atoms with Gasteiger partial charge in [0.1, 0.15) is 5.82 Å². The zero-order chi connectivity index (χ0) is 24.9. The Morgan fingerprint density at radius 2 is 1.91 bits per heavy atom. The summed E-state index contributed by atoms with van der Waals surface area (Å²) in [5.41, 5.74) is 3.07. The van der Waals surface area contributed by atoms with Gasteiger partial charge in [-0.3, -0.25) is 9.59 Å². The van der Waals surface area contributed by atoms with E-state index >= 15 is 0 Å². The number of amides is 1. The number of piperidine rings is 1. The average Bonchev–Trinajstić information content (AvgIpc) is 2.84. The number of benzene rings is 2. The summed E-state index contributed by atoms with van der Waals surface area (Å²) in [6.45, 7) is 4.11. The molecule has 4 rings (SSSR count). The fourth-order valence-corrected chi connectivity index (χ4v) is 5.45. The number of hydrogen-bond donors (Lipinski definition) is 2. The summed E-state index contributed by atoms with van der Waals surface area (Å²) in [5.74, 6) is -0.428. The van der Waals surface area contributed by atoms with Crippen LogP contribution in [0.5, 0.6) is 0 Å². The van der Waals surface area contributed by atoms with Crippen LogP contribution in [0.25, 0.3) is 10.9 Å². The summed E-state index contributed by atoms with van der Waals surface area (Å²) >= 11 is 9.95. The molecule has 184 valence electrons. The maximum absolute atomic E-state index is 13.7. The number of carbonyl (C=O) groups excluding carboxylic acids is 1. The predicted octanol–water partition coefficient (Wildman–Crippen LogP) is 6.33. The van der Waals surface area contributed by atoms with Gasteiger partial charge in [0.25, 0.3) is 5.91 Å². The van der Waals surface area contributed by atoms with Crippen LogP contribution in [0, 0.1) is 6.92 Å². The number of anilines is 1. The molecular weight excluding hydrogens is 530 g/mol. The summed E-state index contributed by atoms with van der Waals surface area (Å²) in [5, 5.41) is 13.7. The Morgan fingerprint density at radius 1 is 1.17 bits per heavy atom. The lowest BCUT2D eigenvalue weighted by Crippen LogP contribution is -2.33. The zero-order valence-electron chi connectivity index (χ0n) is 19.7. The van der Waals surface area contributed by atoms with Gasteiger partial charge in [0, 0.05) is 52.4 Å². The van der Waals surface area contributed by atoms with Crippen LogP contribution in [0.3, 0.4) is 0 Å². The highest BCUT2D eigenvalue weighted by Gasteiger charge is 2.24. The molecule has 35 heavy (non-hydrogen) atoms. The summed E-state index contributed by atoms with van der Waals surface area (Å²) in [6.07, 6.45) is 3.81. The highest BCUT2D eigenvalue weighted by molar-refractivity contribution is 9.10. The minimum absolute atomic E-state index is 0.00493. The quantitative estimate of drug-likeness (QED) is 0.338. The summed E-state index contributed by atoms with van der Waals surface area (Å²) in [7, 11) is 0. The van der Waals surface area contributed by atoms with Crippen LogP contribution in [0.4, 0.5) is 5.82 Å². The van der Waals surface area contributed by atoms with Crippen LogP contribution in [0.2, 0.25) is 5.02 Å². The maximum Gasteiger partial charge on any atom is 0.303 e. The number of nitrogens with zero attached hydrogens (tertiary/aromatic N) is 2. The van der Waals surface area contributed by atoms with Gasteiger partial charge in [-0.1, -0.05) is 45.7 Å². The number of carboxylic acid groups (broad SMARTS) is 1. The molecule has 0 radical (unpaired) electrons. The van der Waals surface area contributed by atoms with Crippen molar-refractivity contribution in [3.8, 4) is 0 Å². The van der Waals surface area contributed by atoms with E-state index in [2.05, 4.69) is 26.1 Å². The summed E-state index contributed by atoms with van der Waals surface area (Å²) in [6, 6.07) is 13.2. The molecule has 1 amide bonds. The Labute approximate surface area is 218 Å². The highest BCUT2D eigenvalue weighted by atomic mass is 79.9.